The predicted molar refractivity (Wildman–Crippen MR) is 55.3 cm³/mol. The van der Waals surface area contributed by atoms with Gasteiger partial charge in [-0.2, -0.15) is 0 Å². The Bertz CT molecular complexity index is 118. The van der Waals surface area contributed by atoms with Crippen molar-refractivity contribution in [1.29, 1.82) is 0 Å². The summed E-state index contributed by atoms with van der Waals surface area (Å²) in [6.45, 7) is 7.17. The number of hydrogen-bond acceptors (Lipinski definition) is 0. The van der Waals surface area contributed by atoms with Crippen molar-refractivity contribution in [2.45, 2.75) is 65.7 Å². The van der Waals surface area contributed by atoms with Crippen molar-refractivity contribution >= 4 is 0 Å². The van der Waals surface area contributed by atoms with Crippen molar-refractivity contribution in [2.24, 2.45) is 11.3 Å². The van der Waals surface area contributed by atoms with Crippen molar-refractivity contribution in [3.8, 4) is 0 Å². The quantitative estimate of drug-likeness (QED) is 0.586. The van der Waals surface area contributed by atoms with Gasteiger partial charge in [-0.1, -0.05) is 46.5 Å². The summed E-state index contributed by atoms with van der Waals surface area (Å²) in [5.74, 6) is 0.892. The molecule has 1 aliphatic rings. The first-order chi connectivity index (χ1) is 5.62. The van der Waals surface area contributed by atoms with Gasteiger partial charge in [0.05, 0.1) is 0 Å². The van der Waals surface area contributed by atoms with Gasteiger partial charge in [-0.3, -0.25) is 0 Å². The highest BCUT2D eigenvalue weighted by molar-refractivity contribution is 4.78. The van der Waals surface area contributed by atoms with Crippen molar-refractivity contribution in [3.05, 3.63) is 0 Å². The zero-order valence-electron chi connectivity index (χ0n) is 9.03. The molecule has 0 heteroatoms. The van der Waals surface area contributed by atoms with E-state index in [1.165, 1.54) is 44.9 Å². The minimum absolute atomic E-state index is 0.711. The largest absolute Gasteiger partial charge is 0.0628 e. The maximum absolute atomic E-state index is 2.49. The van der Waals surface area contributed by atoms with E-state index in [-0.39, 0.29) is 0 Å². The fraction of sp³-hybridized carbons (Fsp3) is 1.00. The van der Waals surface area contributed by atoms with Crippen LogP contribution in [0.4, 0.5) is 0 Å². The molecule has 0 radical (unpaired) electrons. The van der Waals surface area contributed by atoms with Crippen LogP contribution in [0, 0.1) is 11.3 Å². The molecule has 0 aliphatic heterocycles. The summed E-state index contributed by atoms with van der Waals surface area (Å²) >= 11 is 0. The van der Waals surface area contributed by atoms with E-state index in [4.69, 9.17) is 0 Å². The van der Waals surface area contributed by atoms with E-state index in [0.29, 0.717) is 5.41 Å². The Balaban J connectivity index is 2.26. The van der Waals surface area contributed by atoms with Gasteiger partial charge in [0.2, 0.25) is 0 Å². The smallest absolute Gasteiger partial charge is 0.0326 e. The van der Waals surface area contributed by atoms with Gasteiger partial charge >= 0.3 is 0 Å². The van der Waals surface area contributed by atoms with Crippen molar-refractivity contribution in [2.75, 3.05) is 0 Å². The molecule has 0 aromatic heterocycles. The van der Waals surface area contributed by atoms with Gasteiger partial charge in [0.25, 0.3) is 0 Å². The van der Waals surface area contributed by atoms with Gasteiger partial charge < -0.3 is 0 Å². The van der Waals surface area contributed by atoms with Gasteiger partial charge in [0, 0.05) is 0 Å². The highest BCUT2D eigenvalue weighted by Crippen LogP contribution is 2.40. The molecule has 0 amide bonds. The molecule has 1 fully saturated rings. The maximum Gasteiger partial charge on any atom is -0.0326 e. The Labute approximate surface area is 77.7 Å². The molecule has 0 bridgehead atoms. The molecule has 0 unspecified atom stereocenters. The molecule has 0 atom stereocenters. The monoisotopic (exact) mass is 168 g/mol. The third-order valence-electron chi connectivity index (χ3n) is 3.39. The summed E-state index contributed by atoms with van der Waals surface area (Å²) in [6, 6.07) is 0. The number of rotatable bonds is 3. The predicted octanol–water partition coefficient (Wildman–Crippen LogP) is 4.39. The molecule has 72 valence electrons. The van der Waals surface area contributed by atoms with Crippen LogP contribution in [0.1, 0.15) is 65.7 Å². The summed E-state index contributed by atoms with van der Waals surface area (Å²) in [5, 5.41) is 0. The Morgan fingerprint density at radius 1 is 1.08 bits per heavy atom. The van der Waals surface area contributed by atoms with E-state index in [9.17, 15) is 0 Å². The van der Waals surface area contributed by atoms with Gasteiger partial charge in [-0.25, -0.2) is 0 Å². The van der Waals surface area contributed by atoms with Crippen molar-refractivity contribution < 1.29 is 0 Å². The molecular weight excluding hydrogens is 144 g/mol. The lowest BCUT2D eigenvalue weighted by atomic mass is 9.72. The highest BCUT2D eigenvalue weighted by atomic mass is 14.3. The Morgan fingerprint density at radius 2 is 1.67 bits per heavy atom. The van der Waals surface area contributed by atoms with E-state index in [2.05, 4.69) is 20.8 Å². The lowest BCUT2D eigenvalue weighted by Crippen LogP contribution is -2.20. The standard InChI is InChI=1S/C12H24/c1-11(2)7-10-12(3)8-5-4-6-9-12/h11H,4-10H2,1-3H3. The van der Waals surface area contributed by atoms with E-state index >= 15 is 0 Å². The SMILES string of the molecule is CC(C)CCC1(C)CCCCC1. The summed E-state index contributed by atoms with van der Waals surface area (Å²) in [4.78, 5) is 0. The van der Waals surface area contributed by atoms with Crippen LogP contribution < -0.4 is 0 Å². The first-order valence-corrected chi connectivity index (χ1v) is 5.62. The van der Waals surface area contributed by atoms with Gasteiger partial charge in [0.1, 0.15) is 0 Å². The fourth-order valence-electron chi connectivity index (χ4n) is 2.29. The highest BCUT2D eigenvalue weighted by Gasteiger charge is 2.26. The second-order valence-electron chi connectivity index (χ2n) is 5.30. The Kier molecular flexibility index (Phi) is 3.61. The topological polar surface area (TPSA) is 0 Å². The van der Waals surface area contributed by atoms with Crippen LogP contribution >= 0.6 is 0 Å². The minimum atomic E-state index is 0.711. The molecule has 0 nitrogen and oxygen atoms in total. The van der Waals surface area contributed by atoms with Gasteiger partial charge in [-0.05, 0) is 30.6 Å². The average Bonchev–Trinajstić information content (AvgIpc) is 2.03. The summed E-state index contributed by atoms with van der Waals surface area (Å²) < 4.78 is 0. The zero-order chi connectivity index (χ0) is 9.03. The molecule has 0 saturated heterocycles. The molecule has 1 rings (SSSR count). The molecule has 12 heavy (non-hydrogen) atoms. The van der Waals surface area contributed by atoms with Crippen LogP contribution in [0.25, 0.3) is 0 Å². The van der Waals surface area contributed by atoms with E-state index in [0.717, 1.165) is 5.92 Å². The lowest BCUT2D eigenvalue weighted by molar-refractivity contribution is 0.186. The molecule has 0 aromatic rings. The summed E-state index contributed by atoms with van der Waals surface area (Å²) in [7, 11) is 0. The minimum Gasteiger partial charge on any atom is -0.0628 e. The molecule has 0 N–H and O–H groups in total. The van der Waals surface area contributed by atoms with Gasteiger partial charge in [0.15, 0.2) is 0 Å². The first-order valence-electron chi connectivity index (χ1n) is 5.62. The molecule has 1 aliphatic carbocycles. The number of hydrogen-bond donors (Lipinski definition) is 0. The van der Waals surface area contributed by atoms with E-state index in [1.54, 1.807) is 0 Å². The first kappa shape index (κ1) is 10.1. The van der Waals surface area contributed by atoms with Crippen molar-refractivity contribution in [3.63, 3.8) is 0 Å². The second kappa shape index (κ2) is 4.30. The lowest BCUT2D eigenvalue weighted by Gasteiger charge is -2.34. The third kappa shape index (κ3) is 3.16. The third-order valence-corrected chi connectivity index (χ3v) is 3.39. The maximum atomic E-state index is 2.49. The van der Waals surface area contributed by atoms with Crippen LogP contribution in [-0.2, 0) is 0 Å². The van der Waals surface area contributed by atoms with Crippen LogP contribution in [0.2, 0.25) is 0 Å². The molecule has 1 saturated carbocycles. The molecule has 0 aromatic carbocycles. The van der Waals surface area contributed by atoms with Crippen molar-refractivity contribution in [1.82, 2.24) is 0 Å². The van der Waals surface area contributed by atoms with Gasteiger partial charge in [-0.15, -0.1) is 0 Å². The molecular formula is C12H24. The van der Waals surface area contributed by atoms with Crippen LogP contribution in [0.3, 0.4) is 0 Å². The summed E-state index contributed by atoms with van der Waals surface area (Å²) in [6.07, 6.45) is 10.3. The normalized spacial score (nSPS) is 23.0. The molecule has 0 heterocycles. The molecule has 0 spiro atoms. The van der Waals surface area contributed by atoms with Crippen LogP contribution in [-0.4, -0.2) is 0 Å². The Hall–Kier alpha value is 0. The van der Waals surface area contributed by atoms with Crippen LogP contribution in [0.15, 0.2) is 0 Å². The zero-order valence-corrected chi connectivity index (χ0v) is 9.03. The average molecular weight is 168 g/mol. The second-order valence-corrected chi connectivity index (χ2v) is 5.30. The van der Waals surface area contributed by atoms with Crippen LogP contribution in [0.5, 0.6) is 0 Å². The summed E-state index contributed by atoms with van der Waals surface area (Å²) in [5.41, 5.74) is 0.711. The van der Waals surface area contributed by atoms with E-state index in [1.807, 2.05) is 0 Å². The fourth-order valence-corrected chi connectivity index (χ4v) is 2.29. The van der Waals surface area contributed by atoms with E-state index < -0.39 is 0 Å². The Morgan fingerprint density at radius 3 is 2.17 bits per heavy atom.